The number of aryl methyl sites for hydroxylation is 2. The lowest BCUT2D eigenvalue weighted by molar-refractivity contribution is -0.384. The molecule has 0 bridgehead atoms. The van der Waals surface area contributed by atoms with Crippen LogP contribution in [0.25, 0.3) is 33.0 Å². The second-order valence-corrected chi connectivity index (χ2v) is 8.02. The second-order valence-electron chi connectivity index (χ2n) is 8.02. The van der Waals surface area contributed by atoms with E-state index in [0.717, 1.165) is 0 Å². The van der Waals surface area contributed by atoms with Gasteiger partial charge in [0.05, 0.1) is 34.3 Å². The van der Waals surface area contributed by atoms with Gasteiger partial charge in [0.25, 0.3) is 17.5 Å². The van der Waals surface area contributed by atoms with Gasteiger partial charge in [0, 0.05) is 66.0 Å². The van der Waals surface area contributed by atoms with Gasteiger partial charge in [-0.2, -0.15) is 0 Å². The van der Waals surface area contributed by atoms with E-state index in [9.17, 15) is 24.5 Å². The van der Waals surface area contributed by atoms with Gasteiger partial charge < -0.3 is 13.9 Å². The summed E-state index contributed by atoms with van der Waals surface area (Å²) in [6.07, 6.45) is 3.41. The summed E-state index contributed by atoms with van der Waals surface area (Å²) in [6, 6.07) is 9.35. The molecule has 0 spiro atoms. The number of nitrogens with one attached hydrogen (secondary N) is 1. The maximum absolute atomic E-state index is 13.0. The first kappa shape index (κ1) is 21.1. The molecule has 0 saturated heterocycles. The van der Waals surface area contributed by atoms with Crippen molar-refractivity contribution in [3.63, 3.8) is 0 Å². The number of amides is 2. The quantitative estimate of drug-likeness (QED) is 0.217. The lowest BCUT2D eigenvalue weighted by atomic mass is 9.95. The van der Waals surface area contributed by atoms with Gasteiger partial charge in [-0.15, -0.1) is 0 Å². The van der Waals surface area contributed by atoms with E-state index in [4.69, 9.17) is 4.74 Å². The van der Waals surface area contributed by atoms with Crippen molar-refractivity contribution >= 4 is 56.4 Å². The Balaban J connectivity index is 1.78. The summed E-state index contributed by atoms with van der Waals surface area (Å²) in [6.45, 7) is 0. The van der Waals surface area contributed by atoms with Crippen LogP contribution >= 0.6 is 0 Å². The van der Waals surface area contributed by atoms with Gasteiger partial charge in [0.15, 0.2) is 0 Å². The topological polar surface area (TPSA) is 125 Å². The number of aromatic nitrogens is 2. The minimum atomic E-state index is -0.547. The van der Waals surface area contributed by atoms with Crippen LogP contribution in [-0.4, -0.2) is 39.0 Å². The van der Waals surface area contributed by atoms with Crippen molar-refractivity contribution in [2.24, 2.45) is 14.1 Å². The molecule has 0 aliphatic carbocycles. The number of nitrogens with zero attached hydrogens (tertiary/aromatic N) is 3. The number of carbonyl (C=O) groups is 3. The lowest BCUT2D eigenvalue weighted by Gasteiger charge is -2.04. The highest BCUT2D eigenvalue weighted by atomic mass is 16.6. The fourth-order valence-corrected chi connectivity index (χ4v) is 4.48. The number of nitro groups is 1. The number of rotatable bonds is 4. The molecule has 0 atom stereocenters. The van der Waals surface area contributed by atoms with Gasteiger partial charge in [-0.05, 0) is 18.2 Å². The third-order valence-electron chi connectivity index (χ3n) is 6.07. The number of methoxy groups -OCH3 is 1. The molecular weight excluding hydrogens is 440 g/mol. The van der Waals surface area contributed by atoms with Crippen molar-refractivity contribution in [1.82, 2.24) is 14.5 Å². The highest BCUT2D eigenvalue weighted by Gasteiger charge is 2.35. The molecule has 34 heavy (non-hydrogen) atoms. The molecule has 3 heterocycles. The van der Waals surface area contributed by atoms with Crippen LogP contribution in [-0.2, 0) is 28.4 Å². The molecule has 1 aliphatic heterocycles. The molecule has 1 aliphatic rings. The predicted octanol–water partition coefficient (Wildman–Crippen LogP) is 2.93. The van der Waals surface area contributed by atoms with E-state index < -0.39 is 22.7 Å². The summed E-state index contributed by atoms with van der Waals surface area (Å²) in [5, 5.41) is 14.9. The molecule has 0 unspecified atom stereocenters. The number of imide groups is 1. The molecule has 2 aromatic heterocycles. The molecule has 0 fully saturated rings. The summed E-state index contributed by atoms with van der Waals surface area (Å²) in [4.78, 5) is 48.6. The van der Waals surface area contributed by atoms with Gasteiger partial charge in [-0.1, -0.05) is 6.07 Å². The van der Waals surface area contributed by atoms with Gasteiger partial charge in [-0.3, -0.25) is 25.0 Å². The molecular formula is C24H18N4O6. The SMILES string of the molecule is COC(=O)c1ccc2c(C3=C(c4cn(C)c5cc([N+](=O)[O-])ccc45)C(=O)NC3=O)cn(C)c2c1. The van der Waals surface area contributed by atoms with E-state index in [1.807, 2.05) is 0 Å². The normalized spacial score (nSPS) is 13.7. The Bertz CT molecular complexity index is 1620. The lowest BCUT2D eigenvalue weighted by Crippen LogP contribution is -2.22. The van der Waals surface area contributed by atoms with Crippen molar-refractivity contribution in [3.05, 3.63) is 75.6 Å². The van der Waals surface area contributed by atoms with Crippen molar-refractivity contribution in [3.8, 4) is 0 Å². The molecule has 1 N–H and O–H groups in total. The number of hydrogen-bond acceptors (Lipinski definition) is 6. The first-order chi connectivity index (χ1) is 16.2. The number of non-ortho nitro benzene ring substituents is 1. The number of fused-ring (bicyclic) bond motifs is 2. The zero-order valence-corrected chi connectivity index (χ0v) is 18.4. The van der Waals surface area contributed by atoms with Gasteiger partial charge >= 0.3 is 5.97 Å². The highest BCUT2D eigenvalue weighted by Crippen LogP contribution is 2.39. The Morgan fingerprint density at radius 1 is 0.912 bits per heavy atom. The minimum absolute atomic E-state index is 0.0723. The third-order valence-corrected chi connectivity index (χ3v) is 6.07. The van der Waals surface area contributed by atoms with Crippen molar-refractivity contribution in [2.75, 3.05) is 7.11 Å². The van der Waals surface area contributed by atoms with E-state index in [0.29, 0.717) is 38.5 Å². The molecule has 0 radical (unpaired) electrons. The number of esters is 1. The summed E-state index contributed by atoms with van der Waals surface area (Å²) < 4.78 is 8.25. The summed E-state index contributed by atoms with van der Waals surface area (Å²) in [5.41, 5.74) is 2.95. The Morgan fingerprint density at radius 2 is 1.44 bits per heavy atom. The van der Waals surface area contributed by atoms with Crippen molar-refractivity contribution in [1.29, 1.82) is 0 Å². The van der Waals surface area contributed by atoms with Crippen LogP contribution in [0.5, 0.6) is 0 Å². The van der Waals surface area contributed by atoms with E-state index >= 15 is 0 Å². The van der Waals surface area contributed by atoms with E-state index in [1.165, 1.54) is 19.2 Å². The standard InChI is InChI=1S/C24H18N4O6/c1-26-10-16(14-6-4-12(8-18(14)26)24(31)34-3)20-21(23(30)25-22(20)29)17-11-27(2)19-9-13(28(32)33)5-7-15(17)19/h4-11H,1-3H3,(H,25,29,30). The molecule has 2 amide bonds. The fourth-order valence-electron chi connectivity index (χ4n) is 4.48. The van der Waals surface area contributed by atoms with Crippen LogP contribution in [0.1, 0.15) is 21.5 Å². The molecule has 0 saturated carbocycles. The Labute approximate surface area is 192 Å². The van der Waals surface area contributed by atoms with Crippen molar-refractivity contribution < 1.29 is 24.0 Å². The number of hydrogen-bond donors (Lipinski definition) is 1. The zero-order valence-electron chi connectivity index (χ0n) is 18.4. The van der Waals surface area contributed by atoms with Gasteiger partial charge in [0.1, 0.15) is 0 Å². The van der Waals surface area contributed by atoms with Crippen LogP contribution < -0.4 is 5.32 Å². The van der Waals surface area contributed by atoms with E-state index in [2.05, 4.69) is 5.32 Å². The van der Waals surface area contributed by atoms with Crippen LogP contribution in [0.2, 0.25) is 0 Å². The van der Waals surface area contributed by atoms with Gasteiger partial charge in [-0.25, -0.2) is 4.79 Å². The largest absolute Gasteiger partial charge is 0.465 e. The van der Waals surface area contributed by atoms with Crippen LogP contribution in [0.15, 0.2) is 48.8 Å². The molecule has 2 aromatic carbocycles. The molecule has 4 aromatic rings. The maximum atomic E-state index is 13.0. The summed E-state index contributed by atoms with van der Waals surface area (Å²) in [7, 11) is 4.79. The third kappa shape index (κ3) is 2.99. The van der Waals surface area contributed by atoms with E-state index in [1.54, 1.807) is 59.9 Å². The first-order valence-corrected chi connectivity index (χ1v) is 10.2. The van der Waals surface area contributed by atoms with Crippen LogP contribution in [0.3, 0.4) is 0 Å². The molecule has 170 valence electrons. The predicted molar refractivity (Wildman–Crippen MR) is 124 cm³/mol. The van der Waals surface area contributed by atoms with Crippen molar-refractivity contribution in [2.45, 2.75) is 0 Å². The average Bonchev–Trinajstić information content (AvgIpc) is 3.42. The zero-order chi connectivity index (χ0) is 24.3. The van der Waals surface area contributed by atoms with Crippen LogP contribution in [0, 0.1) is 10.1 Å². The monoisotopic (exact) mass is 458 g/mol. The Hall–Kier alpha value is -4.73. The number of nitro benzene ring substituents is 1. The Morgan fingerprint density at radius 3 is 1.97 bits per heavy atom. The second kappa shape index (κ2) is 7.41. The minimum Gasteiger partial charge on any atom is -0.465 e. The summed E-state index contributed by atoms with van der Waals surface area (Å²) >= 11 is 0. The van der Waals surface area contributed by atoms with Crippen LogP contribution in [0.4, 0.5) is 5.69 Å². The number of ether oxygens (including phenoxy) is 1. The number of benzene rings is 2. The molecule has 5 rings (SSSR count). The first-order valence-electron chi connectivity index (χ1n) is 10.2. The summed E-state index contributed by atoms with van der Waals surface area (Å²) in [5.74, 6) is -1.57. The average molecular weight is 458 g/mol. The number of carbonyl (C=O) groups excluding carboxylic acids is 3. The maximum Gasteiger partial charge on any atom is 0.337 e. The smallest absolute Gasteiger partial charge is 0.337 e. The van der Waals surface area contributed by atoms with Gasteiger partial charge in [0.2, 0.25) is 0 Å². The van der Waals surface area contributed by atoms with E-state index in [-0.39, 0.29) is 16.8 Å². The fraction of sp³-hybridized carbons (Fsp3) is 0.125. The molecule has 10 heteroatoms. The molecule has 10 nitrogen and oxygen atoms in total. The Kier molecular flexibility index (Phi) is 4.60. The highest BCUT2D eigenvalue weighted by molar-refractivity contribution is 6.50.